The third-order valence-electron chi connectivity index (χ3n) is 3.92. The monoisotopic (exact) mass is 362 g/mol. The van der Waals surface area contributed by atoms with Gasteiger partial charge in [0.1, 0.15) is 5.82 Å². The van der Waals surface area contributed by atoms with E-state index in [2.05, 4.69) is 38.0 Å². The van der Waals surface area contributed by atoms with Gasteiger partial charge in [-0.25, -0.2) is 4.98 Å². The maximum atomic E-state index is 11.9. The number of allylic oxidation sites excluding steroid dienone is 1. The van der Waals surface area contributed by atoms with E-state index in [-0.39, 0.29) is 5.91 Å². The molecule has 128 valence electrons. The number of amides is 1. The number of rotatable bonds is 8. The van der Waals surface area contributed by atoms with E-state index >= 15 is 0 Å². The van der Waals surface area contributed by atoms with Crippen molar-refractivity contribution < 1.29 is 4.79 Å². The van der Waals surface area contributed by atoms with Gasteiger partial charge in [0.2, 0.25) is 11.1 Å². The minimum atomic E-state index is 0.0426. The normalized spacial score (nSPS) is 14.4. The smallest absolute Gasteiger partial charge is 0.230 e. The summed E-state index contributed by atoms with van der Waals surface area (Å²) < 4.78 is 0. The summed E-state index contributed by atoms with van der Waals surface area (Å²) in [5.41, 5.74) is 1.49. The number of aromatic nitrogens is 3. The van der Waals surface area contributed by atoms with Crippen LogP contribution in [0.3, 0.4) is 0 Å². The van der Waals surface area contributed by atoms with Crippen LogP contribution in [-0.4, -0.2) is 33.4 Å². The molecule has 2 aromatic rings. The lowest BCUT2D eigenvalue weighted by atomic mass is 9.97. The third kappa shape index (κ3) is 5.49. The number of carbonyl (C=O) groups is 1. The van der Waals surface area contributed by atoms with Gasteiger partial charge < -0.3 is 5.32 Å². The Morgan fingerprint density at radius 1 is 1.42 bits per heavy atom. The second kappa shape index (κ2) is 9.03. The summed E-state index contributed by atoms with van der Waals surface area (Å²) in [4.78, 5) is 17.6. The highest BCUT2D eigenvalue weighted by Crippen LogP contribution is 2.19. The highest BCUT2D eigenvalue weighted by molar-refractivity contribution is 7.99. The van der Waals surface area contributed by atoms with Gasteiger partial charge in [-0.05, 0) is 43.6 Å². The number of hydrogen-bond donors (Lipinski definition) is 2. The van der Waals surface area contributed by atoms with E-state index in [9.17, 15) is 4.79 Å². The summed E-state index contributed by atoms with van der Waals surface area (Å²) in [5.74, 6) is 1.24. The molecule has 1 amide bonds. The summed E-state index contributed by atoms with van der Waals surface area (Å²) in [6.45, 7) is 0.725. The summed E-state index contributed by atoms with van der Waals surface area (Å²) >= 11 is 3.07. The summed E-state index contributed by atoms with van der Waals surface area (Å²) in [6.07, 6.45) is 9.03. The van der Waals surface area contributed by atoms with Crippen LogP contribution in [0.25, 0.3) is 0 Å². The van der Waals surface area contributed by atoms with E-state index in [0.29, 0.717) is 10.9 Å². The average Bonchev–Trinajstić information content (AvgIpc) is 3.26. The second-order valence-corrected chi connectivity index (χ2v) is 7.79. The van der Waals surface area contributed by atoms with Gasteiger partial charge in [-0.15, -0.1) is 16.4 Å². The molecular formula is C17H22N4OS2. The van der Waals surface area contributed by atoms with Crippen LogP contribution in [0.1, 0.15) is 42.8 Å². The fourth-order valence-electron chi connectivity index (χ4n) is 2.67. The van der Waals surface area contributed by atoms with Gasteiger partial charge in [0.05, 0.1) is 5.75 Å². The van der Waals surface area contributed by atoms with E-state index in [0.717, 1.165) is 25.2 Å². The average molecular weight is 363 g/mol. The molecule has 0 aliphatic heterocycles. The fraction of sp³-hybridized carbons (Fsp3) is 0.471. The molecule has 0 aromatic carbocycles. The van der Waals surface area contributed by atoms with Crippen LogP contribution in [0, 0.1) is 0 Å². The van der Waals surface area contributed by atoms with Gasteiger partial charge in [-0.1, -0.05) is 29.5 Å². The predicted molar refractivity (Wildman–Crippen MR) is 98.4 cm³/mol. The third-order valence-corrected chi connectivity index (χ3v) is 5.64. The summed E-state index contributed by atoms with van der Waals surface area (Å²) in [5, 5.41) is 12.8. The van der Waals surface area contributed by atoms with Crippen LogP contribution in [0.2, 0.25) is 0 Å². The molecule has 3 rings (SSSR count). The first-order chi connectivity index (χ1) is 11.8. The molecule has 0 radical (unpaired) electrons. The van der Waals surface area contributed by atoms with Crippen molar-refractivity contribution in [2.75, 3.05) is 12.3 Å². The molecule has 2 aromatic heterocycles. The Labute approximate surface area is 150 Å². The molecule has 0 bridgehead atoms. The molecule has 1 aliphatic rings. The summed E-state index contributed by atoms with van der Waals surface area (Å²) in [7, 11) is 0. The van der Waals surface area contributed by atoms with Crippen molar-refractivity contribution in [2.45, 2.75) is 43.7 Å². The largest absolute Gasteiger partial charge is 0.355 e. The lowest BCUT2D eigenvalue weighted by Crippen LogP contribution is -2.26. The molecule has 0 spiro atoms. The molecule has 0 saturated carbocycles. The lowest BCUT2D eigenvalue weighted by Gasteiger charge is -2.12. The number of nitrogens with zero attached hydrogens (tertiary/aromatic N) is 2. The first kappa shape index (κ1) is 17.2. The first-order valence-corrected chi connectivity index (χ1v) is 10.2. The molecule has 5 nitrogen and oxygen atoms in total. The lowest BCUT2D eigenvalue weighted by molar-refractivity contribution is -0.118. The van der Waals surface area contributed by atoms with E-state index < -0.39 is 0 Å². The molecule has 7 heteroatoms. The van der Waals surface area contributed by atoms with Gasteiger partial charge in [-0.3, -0.25) is 9.89 Å². The quantitative estimate of drug-likeness (QED) is 0.556. The van der Waals surface area contributed by atoms with Crippen molar-refractivity contribution >= 4 is 29.0 Å². The molecule has 2 heterocycles. The van der Waals surface area contributed by atoms with E-state index in [1.807, 2.05) is 6.07 Å². The van der Waals surface area contributed by atoms with Crippen LogP contribution in [0.4, 0.5) is 0 Å². The Balaban J connectivity index is 1.35. The van der Waals surface area contributed by atoms with Crippen molar-refractivity contribution in [2.24, 2.45) is 0 Å². The fourth-order valence-corrected chi connectivity index (χ4v) is 4.03. The van der Waals surface area contributed by atoms with Gasteiger partial charge in [0.25, 0.3) is 0 Å². The van der Waals surface area contributed by atoms with Crippen molar-refractivity contribution in [1.29, 1.82) is 0 Å². The maximum Gasteiger partial charge on any atom is 0.230 e. The van der Waals surface area contributed by atoms with Gasteiger partial charge in [-0.2, -0.15) is 0 Å². The van der Waals surface area contributed by atoms with Crippen LogP contribution in [0.15, 0.2) is 34.3 Å². The Bertz CT molecular complexity index is 679. The van der Waals surface area contributed by atoms with E-state index in [1.165, 1.54) is 47.9 Å². The zero-order chi connectivity index (χ0) is 16.6. The predicted octanol–water partition coefficient (Wildman–Crippen LogP) is 3.56. The topological polar surface area (TPSA) is 70.7 Å². The number of carbonyl (C=O) groups excluding carboxylic acids is 1. The molecule has 2 N–H and O–H groups in total. The zero-order valence-electron chi connectivity index (χ0n) is 13.6. The Morgan fingerprint density at radius 2 is 2.38 bits per heavy atom. The number of thioether (sulfide) groups is 1. The van der Waals surface area contributed by atoms with Gasteiger partial charge >= 0.3 is 0 Å². The number of hydrogen-bond acceptors (Lipinski definition) is 5. The van der Waals surface area contributed by atoms with Crippen molar-refractivity contribution in [3.05, 3.63) is 39.9 Å². The van der Waals surface area contributed by atoms with Crippen molar-refractivity contribution in [3.63, 3.8) is 0 Å². The summed E-state index contributed by atoms with van der Waals surface area (Å²) in [6, 6.07) is 4.11. The highest BCUT2D eigenvalue weighted by atomic mass is 32.2. The number of aromatic amines is 1. The molecular weight excluding hydrogens is 340 g/mol. The molecule has 24 heavy (non-hydrogen) atoms. The Morgan fingerprint density at radius 3 is 3.17 bits per heavy atom. The van der Waals surface area contributed by atoms with Gasteiger partial charge in [0.15, 0.2) is 0 Å². The van der Waals surface area contributed by atoms with Crippen molar-refractivity contribution in [3.8, 4) is 0 Å². The van der Waals surface area contributed by atoms with Crippen LogP contribution < -0.4 is 5.32 Å². The highest BCUT2D eigenvalue weighted by Gasteiger charge is 2.09. The SMILES string of the molecule is O=C(CSc1n[nH]c(Cc2cccs2)n1)NCCC1=CCCCC1. The molecule has 1 aliphatic carbocycles. The molecule has 0 saturated heterocycles. The zero-order valence-corrected chi connectivity index (χ0v) is 15.2. The van der Waals surface area contributed by atoms with Crippen LogP contribution in [-0.2, 0) is 11.2 Å². The molecule has 0 atom stereocenters. The maximum absolute atomic E-state index is 11.9. The Kier molecular flexibility index (Phi) is 6.48. The molecule has 0 fully saturated rings. The minimum absolute atomic E-state index is 0.0426. The van der Waals surface area contributed by atoms with E-state index in [1.54, 1.807) is 11.3 Å². The standard InChI is InChI=1S/C17H22N4OS2/c22-16(18-9-8-13-5-2-1-3-6-13)12-24-17-19-15(20-21-17)11-14-7-4-10-23-14/h4-5,7,10H,1-3,6,8-9,11-12H2,(H,18,22)(H,19,20,21). The Hall–Kier alpha value is -1.60. The number of thiophene rings is 1. The van der Waals surface area contributed by atoms with Crippen LogP contribution in [0.5, 0.6) is 0 Å². The number of nitrogens with one attached hydrogen (secondary N) is 2. The van der Waals surface area contributed by atoms with Gasteiger partial charge in [0, 0.05) is 17.8 Å². The van der Waals surface area contributed by atoms with Crippen molar-refractivity contribution in [1.82, 2.24) is 20.5 Å². The van der Waals surface area contributed by atoms with Crippen LogP contribution >= 0.6 is 23.1 Å². The minimum Gasteiger partial charge on any atom is -0.355 e. The molecule has 0 unspecified atom stereocenters. The van der Waals surface area contributed by atoms with E-state index in [4.69, 9.17) is 0 Å². The number of H-pyrrole nitrogens is 1. The second-order valence-electron chi connectivity index (χ2n) is 5.82. The first-order valence-electron chi connectivity index (χ1n) is 8.30.